The number of para-hydroxylation sites is 1. The molecule has 0 atom stereocenters. The molecule has 0 bridgehead atoms. The van der Waals surface area contributed by atoms with Gasteiger partial charge in [0.2, 0.25) is 0 Å². The van der Waals surface area contributed by atoms with Crippen molar-refractivity contribution in [2.45, 2.75) is 33.4 Å². The molecule has 0 unspecified atom stereocenters. The standard InChI is InChI=1S/C18H22N2S/c1-4-14-9-10-15(21-14)11-19-12-18-13(2)16-7-5-6-8-17(16)20(18)3/h5-10,19H,4,11-12H2,1-3H3. The number of hydrogen-bond donors (Lipinski definition) is 1. The van der Waals surface area contributed by atoms with Gasteiger partial charge in [0.25, 0.3) is 0 Å². The van der Waals surface area contributed by atoms with E-state index in [-0.39, 0.29) is 0 Å². The molecule has 1 N–H and O–H groups in total. The van der Waals surface area contributed by atoms with Crippen LogP contribution in [-0.2, 0) is 26.6 Å². The van der Waals surface area contributed by atoms with Gasteiger partial charge in [-0.1, -0.05) is 25.1 Å². The Bertz CT molecular complexity index is 713. The molecule has 0 aliphatic carbocycles. The molecule has 0 amide bonds. The molecule has 0 spiro atoms. The normalized spacial score (nSPS) is 11.4. The molecule has 0 aliphatic heterocycles. The third-order valence-corrected chi connectivity index (χ3v) is 5.39. The first kappa shape index (κ1) is 14.4. The molecule has 0 fully saturated rings. The second-order valence-electron chi connectivity index (χ2n) is 5.47. The zero-order chi connectivity index (χ0) is 14.8. The van der Waals surface area contributed by atoms with Crippen LogP contribution in [0.4, 0.5) is 0 Å². The van der Waals surface area contributed by atoms with Crippen molar-refractivity contribution in [3.05, 3.63) is 57.4 Å². The summed E-state index contributed by atoms with van der Waals surface area (Å²) in [6, 6.07) is 13.1. The van der Waals surface area contributed by atoms with Gasteiger partial charge in [0.15, 0.2) is 0 Å². The molecule has 0 radical (unpaired) electrons. The van der Waals surface area contributed by atoms with Crippen LogP contribution >= 0.6 is 11.3 Å². The van der Waals surface area contributed by atoms with Gasteiger partial charge < -0.3 is 9.88 Å². The summed E-state index contributed by atoms with van der Waals surface area (Å²) in [7, 11) is 2.16. The van der Waals surface area contributed by atoms with Crippen LogP contribution in [0, 0.1) is 6.92 Å². The Morgan fingerprint density at radius 1 is 1.05 bits per heavy atom. The Kier molecular flexibility index (Phi) is 4.13. The quantitative estimate of drug-likeness (QED) is 0.738. The van der Waals surface area contributed by atoms with Gasteiger partial charge in [-0.15, -0.1) is 11.3 Å². The van der Waals surface area contributed by atoms with Crippen molar-refractivity contribution in [3.63, 3.8) is 0 Å². The van der Waals surface area contributed by atoms with Gasteiger partial charge in [0.1, 0.15) is 0 Å². The van der Waals surface area contributed by atoms with Crippen LogP contribution in [0.2, 0.25) is 0 Å². The van der Waals surface area contributed by atoms with Gasteiger partial charge >= 0.3 is 0 Å². The predicted molar refractivity (Wildman–Crippen MR) is 91.9 cm³/mol. The third-order valence-electron chi connectivity index (χ3n) is 4.16. The van der Waals surface area contributed by atoms with E-state index in [1.807, 2.05) is 11.3 Å². The summed E-state index contributed by atoms with van der Waals surface area (Å²) in [5.41, 5.74) is 4.08. The molecule has 0 saturated heterocycles. The smallest absolute Gasteiger partial charge is 0.0483 e. The molecule has 2 heterocycles. The molecular formula is C18H22N2S. The average Bonchev–Trinajstić information content (AvgIpc) is 3.06. The van der Waals surface area contributed by atoms with Gasteiger partial charge in [-0.3, -0.25) is 0 Å². The summed E-state index contributed by atoms with van der Waals surface area (Å²) in [6.45, 7) is 6.30. The number of nitrogens with zero attached hydrogens (tertiary/aromatic N) is 1. The molecule has 2 nitrogen and oxygen atoms in total. The van der Waals surface area contributed by atoms with Crippen molar-refractivity contribution in [2.75, 3.05) is 0 Å². The first-order valence-corrected chi connectivity index (χ1v) is 8.33. The van der Waals surface area contributed by atoms with E-state index < -0.39 is 0 Å². The first-order valence-electron chi connectivity index (χ1n) is 7.52. The maximum absolute atomic E-state index is 3.59. The Hall–Kier alpha value is -1.58. The lowest BCUT2D eigenvalue weighted by Crippen LogP contribution is -2.15. The predicted octanol–water partition coefficient (Wildman–Crippen LogP) is 4.40. The fourth-order valence-corrected chi connectivity index (χ4v) is 3.83. The molecule has 3 aromatic rings. The Morgan fingerprint density at radius 3 is 2.52 bits per heavy atom. The minimum absolute atomic E-state index is 0.913. The molecule has 3 rings (SSSR count). The van der Waals surface area contributed by atoms with E-state index in [0.717, 1.165) is 19.5 Å². The van der Waals surface area contributed by atoms with Crippen molar-refractivity contribution in [1.29, 1.82) is 0 Å². The van der Waals surface area contributed by atoms with Crippen LogP contribution in [-0.4, -0.2) is 4.57 Å². The SMILES string of the molecule is CCc1ccc(CNCc2c(C)c3ccccc3n2C)s1. The number of nitrogens with one attached hydrogen (secondary N) is 1. The monoisotopic (exact) mass is 298 g/mol. The summed E-state index contributed by atoms with van der Waals surface area (Å²) in [4.78, 5) is 2.89. The van der Waals surface area contributed by atoms with Gasteiger partial charge in [0.05, 0.1) is 0 Å². The molecule has 2 aromatic heterocycles. The fourth-order valence-electron chi connectivity index (χ4n) is 2.90. The lowest BCUT2D eigenvalue weighted by Gasteiger charge is -2.07. The average molecular weight is 298 g/mol. The van der Waals surface area contributed by atoms with E-state index in [1.54, 1.807) is 0 Å². The van der Waals surface area contributed by atoms with E-state index in [2.05, 4.69) is 67.2 Å². The second-order valence-corrected chi connectivity index (χ2v) is 6.73. The highest BCUT2D eigenvalue weighted by molar-refractivity contribution is 7.11. The summed E-state index contributed by atoms with van der Waals surface area (Å²) in [6.07, 6.45) is 1.13. The number of fused-ring (bicyclic) bond motifs is 1. The first-order chi connectivity index (χ1) is 10.2. The largest absolute Gasteiger partial charge is 0.346 e. The van der Waals surface area contributed by atoms with Gasteiger partial charge in [-0.25, -0.2) is 0 Å². The van der Waals surface area contributed by atoms with Crippen LogP contribution in [0.25, 0.3) is 10.9 Å². The number of aromatic nitrogens is 1. The van der Waals surface area contributed by atoms with Crippen LogP contribution in [0.15, 0.2) is 36.4 Å². The number of rotatable bonds is 5. The van der Waals surface area contributed by atoms with Crippen LogP contribution in [0.5, 0.6) is 0 Å². The molecule has 1 aromatic carbocycles. The number of aryl methyl sites for hydroxylation is 3. The minimum Gasteiger partial charge on any atom is -0.346 e. The maximum atomic E-state index is 3.59. The lowest BCUT2D eigenvalue weighted by atomic mass is 10.1. The number of benzene rings is 1. The molecular weight excluding hydrogens is 276 g/mol. The van der Waals surface area contributed by atoms with Crippen molar-refractivity contribution < 1.29 is 0 Å². The third kappa shape index (κ3) is 2.76. The molecule has 110 valence electrons. The van der Waals surface area contributed by atoms with Crippen LogP contribution in [0.3, 0.4) is 0 Å². The van der Waals surface area contributed by atoms with E-state index in [4.69, 9.17) is 0 Å². The fraction of sp³-hybridized carbons (Fsp3) is 0.333. The highest BCUT2D eigenvalue weighted by Crippen LogP contribution is 2.24. The van der Waals surface area contributed by atoms with Crippen molar-refractivity contribution in [1.82, 2.24) is 9.88 Å². The Labute approximate surface area is 130 Å². The molecule has 3 heteroatoms. The zero-order valence-corrected chi connectivity index (χ0v) is 13.8. The zero-order valence-electron chi connectivity index (χ0n) is 12.9. The summed E-state index contributed by atoms with van der Waals surface area (Å²) in [5, 5.41) is 4.95. The van der Waals surface area contributed by atoms with E-state index >= 15 is 0 Å². The Morgan fingerprint density at radius 2 is 1.81 bits per heavy atom. The van der Waals surface area contributed by atoms with Gasteiger partial charge in [0, 0.05) is 46.5 Å². The highest BCUT2D eigenvalue weighted by Gasteiger charge is 2.10. The minimum atomic E-state index is 0.913. The van der Waals surface area contributed by atoms with E-state index in [0.29, 0.717) is 0 Å². The highest BCUT2D eigenvalue weighted by atomic mass is 32.1. The summed E-state index contributed by atoms with van der Waals surface area (Å²) >= 11 is 1.91. The van der Waals surface area contributed by atoms with Crippen LogP contribution in [0.1, 0.15) is 27.9 Å². The van der Waals surface area contributed by atoms with Crippen molar-refractivity contribution in [2.24, 2.45) is 7.05 Å². The van der Waals surface area contributed by atoms with Crippen LogP contribution < -0.4 is 5.32 Å². The molecule has 0 aliphatic rings. The molecule has 0 saturated carbocycles. The number of thiophene rings is 1. The second kappa shape index (κ2) is 6.04. The Balaban J connectivity index is 1.73. The van der Waals surface area contributed by atoms with Crippen molar-refractivity contribution in [3.8, 4) is 0 Å². The van der Waals surface area contributed by atoms with E-state index in [9.17, 15) is 0 Å². The van der Waals surface area contributed by atoms with Gasteiger partial charge in [-0.05, 0) is 37.1 Å². The maximum Gasteiger partial charge on any atom is 0.0483 e. The van der Waals surface area contributed by atoms with Gasteiger partial charge in [-0.2, -0.15) is 0 Å². The molecule has 21 heavy (non-hydrogen) atoms. The number of hydrogen-bond acceptors (Lipinski definition) is 2. The van der Waals surface area contributed by atoms with E-state index in [1.165, 1.54) is 31.9 Å². The summed E-state index contributed by atoms with van der Waals surface area (Å²) < 4.78 is 2.31. The summed E-state index contributed by atoms with van der Waals surface area (Å²) in [5.74, 6) is 0. The topological polar surface area (TPSA) is 17.0 Å². The van der Waals surface area contributed by atoms with Crippen molar-refractivity contribution >= 4 is 22.2 Å². The lowest BCUT2D eigenvalue weighted by molar-refractivity contribution is 0.662.